The Balaban J connectivity index is 1.74. The Kier molecular flexibility index (Phi) is 11.2. The molecule has 2 amide bonds. The first-order chi connectivity index (χ1) is 18.0. The molecule has 1 aliphatic carbocycles. The summed E-state index contributed by atoms with van der Waals surface area (Å²) in [5, 5.41) is 4.28. The summed E-state index contributed by atoms with van der Waals surface area (Å²) in [5.41, 5.74) is 1.17. The number of amides is 2. The molecule has 0 spiro atoms. The van der Waals surface area contributed by atoms with E-state index < -0.39 is 16.1 Å². The third kappa shape index (κ3) is 8.76. The second-order valence-electron chi connectivity index (χ2n) is 9.71. The van der Waals surface area contributed by atoms with Crippen LogP contribution in [0.3, 0.4) is 0 Å². The molecule has 11 heteroatoms. The quantitative estimate of drug-likeness (QED) is 0.339. The summed E-state index contributed by atoms with van der Waals surface area (Å²) in [5.74, 6) is -0.469. The SMILES string of the molecule is C[C@H](C(=O)NC1CCCCC1)N(Cc1ccc(Cl)c(Cl)c1)C(=O)CCCN(c1cccc(Cl)c1)S(C)(=O)=O. The monoisotopic (exact) mass is 601 g/mol. The molecule has 0 unspecified atom stereocenters. The van der Waals surface area contributed by atoms with Gasteiger partial charge in [0, 0.05) is 30.6 Å². The van der Waals surface area contributed by atoms with Crippen molar-refractivity contribution in [2.75, 3.05) is 17.1 Å². The molecule has 2 aromatic carbocycles. The van der Waals surface area contributed by atoms with E-state index >= 15 is 0 Å². The van der Waals surface area contributed by atoms with Crippen LogP contribution in [0.25, 0.3) is 0 Å². The maximum Gasteiger partial charge on any atom is 0.242 e. The molecule has 0 aliphatic heterocycles. The van der Waals surface area contributed by atoms with Crippen LogP contribution in [-0.2, 0) is 26.2 Å². The Morgan fingerprint density at radius 2 is 1.74 bits per heavy atom. The molecule has 7 nitrogen and oxygen atoms in total. The van der Waals surface area contributed by atoms with Crippen molar-refractivity contribution in [1.82, 2.24) is 10.2 Å². The molecule has 1 N–H and O–H groups in total. The zero-order valence-electron chi connectivity index (χ0n) is 21.6. The zero-order valence-corrected chi connectivity index (χ0v) is 24.7. The molecule has 3 rings (SSSR count). The maximum absolute atomic E-state index is 13.5. The lowest BCUT2D eigenvalue weighted by atomic mass is 9.95. The van der Waals surface area contributed by atoms with Gasteiger partial charge in [-0.2, -0.15) is 0 Å². The molecule has 1 saturated carbocycles. The summed E-state index contributed by atoms with van der Waals surface area (Å²) >= 11 is 18.3. The summed E-state index contributed by atoms with van der Waals surface area (Å²) in [6.07, 6.45) is 6.62. The number of nitrogens with zero attached hydrogens (tertiary/aromatic N) is 2. The van der Waals surface area contributed by atoms with Crippen molar-refractivity contribution in [3.8, 4) is 0 Å². The van der Waals surface area contributed by atoms with E-state index in [2.05, 4.69) is 5.32 Å². The van der Waals surface area contributed by atoms with E-state index in [4.69, 9.17) is 34.8 Å². The van der Waals surface area contributed by atoms with Crippen LogP contribution >= 0.6 is 34.8 Å². The number of anilines is 1. The number of carbonyl (C=O) groups is 2. The van der Waals surface area contributed by atoms with Crippen LogP contribution in [0.2, 0.25) is 15.1 Å². The topological polar surface area (TPSA) is 86.8 Å². The first kappa shape index (κ1) is 30.5. The van der Waals surface area contributed by atoms with Crippen molar-refractivity contribution in [3.63, 3.8) is 0 Å². The van der Waals surface area contributed by atoms with Gasteiger partial charge in [0.15, 0.2) is 0 Å². The summed E-state index contributed by atoms with van der Waals surface area (Å²) in [4.78, 5) is 28.1. The molecule has 1 fully saturated rings. The molecule has 0 bridgehead atoms. The lowest BCUT2D eigenvalue weighted by Crippen LogP contribution is -2.50. The highest BCUT2D eigenvalue weighted by molar-refractivity contribution is 7.92. The molecule has 208 valence electrons. The van der Waals surface area contributed by atoms with Crippen LogP contribution in [0.15, 0.2) is 42.5 Å². The van der Waals surface area contributed by atoms with Gasteiger partial charge in [0.2, 0.25) is 21.8 Å². The Morgan fingerprint density at radius 1 is 1.03 bits per heavy atom. The van der Waals surface area contributed by atoms with E-state index in [1.807, 2.05) is 0 Å². The fourth-order valence-corrected chi connectivity index (χ4v) is 6.08. The molecule has 0 saturated heterocycles. The van der Waals surface area contributed by atoms with Gasteiger partial charge >= 0.3 is 0 Å². The summed E-state index contributed by atoms with van der Waals surface area (Å²) < 4.78 is 26.1. The number of sulfonamides is 1. The predicted octanol–water partition coefficient (Wildman–Crippen LogP) is 6.06. The highest BCUT2D eigenvalue weighted by Crippen LogP contribution is 2.25. The Morgan fingerprint density at radius 3 is 2.37 bits per heavy atom. The number of benzene rings is 2. The third-order valence-corrected chi connectivity index (χ3v) is 8.87. The van der Waals surface area contributed by atoms with Crippen LogP contribution in [0.4, 0.5) is 5.69 Å². The predicted molar refractivity (Wildman–Crippen MR) is 154 cm³/mol. The standard InChI is InChI=1S/C27H34Cl3N3O4S/c1-19(27(35)31-22-9-4-3-5-10-22)32(18-20-13-14-24(29)25(30)16-20)26(34)12-7-15-33(38(2,36)37)23-11-6-8-21(28)17-23/h6,8,11,13-14,16-17,19,22H,3-5,7,9-10,12,15,18H2,1-2H3,(H,31,35)/t19-/m1/s1. The number of rotatable bonds is 11. The van der Waals surface area contributed by atoms with Crippen LogP contribution in [-0.4, -0.2) is 50.0 Å². The van der Waals surface area contributed by atoms with Gasteiger partial charge in [-0.05, 0) is 62.1 Å². The van der Waals surface area contributed by atoms with Gasteiger partial charge in [0.05, 0.1) is 22.0 Å². The first-order valence-corrected chi connectivity index (χ1v) is 15.7. The number of hydrogen-bond acceptors (Lipinski definition) is 4. The van der Waals surface area contributed by atoms with Gasteiger partial charge < -0.3 is 10.2 Å². The van der Waals surface area contributed by atoms with Crippen LogP contribution in [0.1, 0.15) is 57.4 Å². The van der Waals surface area contributed by atoms with Gasteiger partial charge in [0.25, 0.3) is 0 Å². The molecule has 2 aromatic rings. The number of halogens is 3. The lowest BCUT2D eigenvalue weighted by molar-refractivity contribution is -0.141. The number of carbonyl (C=O) groups excluding carboxylic acids is 2. The second kappa shape index (κ2) is 13.9. The van der Waals surface area contributed by atoms with E-state index in [0.717, 1.165) is 37.5 Å². The van der Waals surface area contributed by atoms with Crippen molar-refractivity contribution in [3.05, 3.63) is 63.1 Å². The molecule has 0 aromatic heterocycles. The van der Waals surface area contributed by atoms with Crippen LogP contribution in [0.5, 0.6) is 0 Å². The largest absolute Gasteiger partial charge is 0.352 e. The van der Waals surface area contributed by atoms with Crippen molar-refractivity contribution in [1.29, 1.82) is 0 Å². The number of hydrogen-bond donors (Lipinski definition) is 1. The summed E-state index contributed by atoms with van der Waals surface area (Å²) in [6.45, 7) is 1.97. The maximum atomic E-state index is 13.5. The zero-order chi connectivity index (χ0) is 27.9. The van der Waals surface area contributed by atoms with E-state index in [1.54, 1.807) is 49.4 Å². The fourth-order valence-electron chi connectivity index (χ4n) is 4.62. The first-order valence-electron chi connectivity index (χ1n) is 12.7. The van der Waals surface area contributed by atoms with Gasteiger partial charge in [0.1, 0.15) is 6.04 Å². The Bertz CT molecular complexity index is 1240. The molecule has 38 heavy (non-hydrogen) atoms. The van der Waals surface area contributed by atoms with Gasteiger partial charge in [-0.3, -0.25) is 13.9 Å². The smallest absolute Gasteiger partial charge is 0.242 e. The van der Waals surface area contributed by atoms with Crippen LogP contribution < -0.4 is 9.62 Å². The molecule has 1 atom stereocenters. The van der Waals surface area contributed by atoms with Crippen molar-refractivity contribution >= 4 is 62.3 Å². The molecule has 1 aliphatic rings. The molecular weight excluding hydrogens is 569 g/mol. The van der Waals surface area contributed by atoms with E-state index in [9.17, 15) is 18.0 Å². The minimum absolute atomic E-state index is 0.0506. The lowest BCUT2D eigenvalue weighted by Gasteiger charge is -2.31. The van der Waals surface area contributed by atoms with Crippen molar-refractivity contribution < 1.29 is 18.0 Å². The fraction of sp³-hybridized carbons (Fsp3) is 0.481. The number of nitrogens with one attached hydrogen (secondary N) is 1. The van der Waals surface area contributed by atoms with Gasteiger partial charge in [-0.1, -0.05) is 66.2 Å². The Hall–Kier alpha value is -2.00. The Labute approximate surface area is 240 Å². The summed E-state index contributed by atoms with van der Waals surface area (Å²) in [6, 6.07) is 11.1. The average Bonchev–Trinajstić information content (AvgIpc) is 2.86. The third-order valence-electron chi connectivity index (χ3n) is 6.70. The highest BCUT2D eigenvalue weighted by atomic mass is 35.5. The average molecular weight is 603 g/mol. The summed E-state index contributed by atoms with van der Waals surface area (Å²) in [7, 11) is -3.60. The van der Waals surface area contributed by atoms with Crippen molar-refractivity contribution in [2.45, 2.75) is 70.5 Å². The molecular formula is C27H34Cl3N3O4S. The molecule has 0 heterocycles. The minimum Gasteiger partial charge on any atom is -0.352 e. The van der Waals surface area contributed by atoms with Gasteiger partial charge in [-0.15, -0.1) is 0 Å². The van der Waals surface area contributed by atoms with E-state index in [0.29, 0.717) is 20.8 Å². The van der Waals surface area contributed by atoms with E-state index in [-0.39, 0.29) is 43.8 Å². The van der Waals surface area contributed by atoms with Gasteiger partial charge in [-0.25, -0.2) is 8.42 Å². The van der Waals surface area contributed by atoms with Crippen molar-refractivity contribution in [2.24, 2.45) is 0 Å². The minimum atomic E-state index is -3.60. The highest BCUT2D eigenvalue weighted by Gasteiger charge is 2.28. The second-order valence-corrected chi connectivity index (χ2v) is 12.9. The van der Waals surface area contributed by atoms with E-state index in [1.165, 1.54) is 15.6 Å². The normalized spacial score (nSPS) is 15.1. The molecule has 0 radical (unpaired) electrons. The van der Waals surface area contributed by atoms with Crippen LogP contribution in [0, 0.1) is 0 Å².